The van der Waals surface area contributed by atoms with E-state index in [-0.39, 0.29) is 0 Å². The van der Waals surface area contributed by atoms with Crippen molar-refractivity contribution in [3.8, 4) is 0 Å². The lowest BCUT2D eigenvalue weighted by atomic mass is 10.1. The molecule has 0 spiro atoms. The third kappa shape index (κ3) is 3.82. The van der Waals surface area contributed by atoms with E-state index in [9.17, 15) is 0 Å². The third-order valence-corrected chi connectivity index (χ3v) is 3.05. The summed E-state index contributed by atoms with van der Waals surface area (Å²) in [6, 6.07) is 0. The van der Waals surface area contributed by atoms with Crippen LogP contribution in [0.25, 0.3) is 0 Å². The highest BCUT2D eigenvalue weighted by atomic mass is 32.2. The highest BCUT2D eigenvalue weighted by molar-refractivity contribution is 8.00. The van der Waals surface area contributed by atoms with Gasteiger partial charge in [0.2, 0.25) is 0 Å². The van der Waals surface area contributed by atoms with Gasteiger partial charge in [-0.1, -0.05) is 12.2 Å². The van der Waals surface area contributed by atoms with E-state index in [0.717, 1.165) is 17.6 Å². The van der Waals surface area contributed by atoms with Crippen LogP contribution in [-0.2, 0) is 4.74 Å². The Hall–Kier alpha value is 0.0500. The number of rotatable bonds is 4. The second-order valence-corrected chi connectivity index (χ2v) is 4.11. The summed E-state index contributed by atoms with van der Waals surface area (Å²) in [5.74, 6) is 1.13. The molecule has 64 valence electrons. The van der Waals surface area contributed by atoms with Gasteiger partial charge in [0.15, 0.2) is 0 Å². The van der Waals surface area contributed by atoms with Crippen molar-refractivity contribution in [3.63, 3.8) is 0 Å². The zero-order chi connectivity index (χ0) is 7.94. The van der Waals surface area contributed by atoms with Gasteiger partial charge >= 0.3 is 0 Å². The van der Waals surface area contributed by atoms with Crippen LogP contribution < -0.4 is 0 Å². The Kier molecular flexibility index (Phi) is 4.71. The van der Waals surface area contributed by atoms with Gasteiger partial charge in [-0.05, 0) is 19.3 Å². The lowest BCUT2D eigenvalue weighted by Crippen LogP contribution is -2.05. The van der Waals surface area contributed by atoms with Crippen LogP contribution in [0.2, 0.25) is 0 Å². The second kappa shape index (κ2) is 5.67. The maximum absolute atomic E-state index is 4.99. The Balaban J connectivity index is 2.05. The molecule has 1 nitrogen and oxygen atoms in total. The number of hydrogen-bond donors (Lipinski definition) is 0. The quantitative estimate of drug-likeness (QED) is 0.476. The first kappa shape index (κ1) is 9.14. The van der Waals surface area contributed by atoms with E-state index in [1.165, 1.54) is 19.3 Å². The van der Waals surface area contributed by atoms with Gasteiger partial charge in [-0.25, -0.2) is 0 Å². The summed E-state index contributed by atoms with van der Waals surface area (Å²) in [6.07, 6.45) is 8.63. The second-order valence-electron chi connectivity index (χ2n) is 2.76. The molecule has 1 aliphatic rings. The summed E-state index contributed by atoms with van der Waals surface area (Å²) in [4.78, 5) is 0. The molecule has 0 aromatic carbocycles. The largest absolute Gasteiger partial charge is 0.384 e. The molecular weight excluding hydrogens is 156 g/mol. The van der Waals surface area contributed by atoms with Crippen molar-refractivity contribution in [1.29, 1.82) is 0 Å². The summed E-state index contributed by atoms with van der Waals surface area (Å²) >= 11 is 2.01. The SMILES string of the molecule is COCCSC1C=CCCC1. The molecule has 0 aromatic heterocycles. The van der Waals surface area contributed by atoms with Crippen LogP contribution >= 0.6 is 11.8 Å². The first-order valence-corrected chi connectivity index (χ1v) is 5.25. The predicted molar refractivity (Wildman–Crippen MR) is 51.1 cm³/mol. The summed E-state index contributed by atoms with van der Waals surface area (Å²) in [7, 11) is 1.76. The number of hydrogen-bond acceptors (Lipinski definition) is 2. The van der Waals surface area contributed by atoms with Crippen LogP contribution in [0.1, 0.15) is 19.3 Å². The molecule has 0 radical (unpaired) electrons. The minimum atomic E-state index is 0.763. The summed E-state index contributed by atoms with van der Waals surface area (Å²) in [5, 5.41) is 0.763. The van der Waals surface area contributed by atoms with Gasteiger partial charge in [0.25, 0.3) is 0 Å². The van der Waals surface area contributed by atoms with Crippen LogP contribution in [0.5, 0.6) is 0 Å². The third-order valence-electron chi connectivity index (χ3n) is 1.83. The molecule has 0 saturated heterocycles. The predicted octanol–water partition coefficient (Wildman–Crippen LogP) is 2.47. The average Bonchev–Trinajstić information content (AvgIpc) is 2.07. The van der Waals surface area contributed by atoms with Crippen molar-refractivity contribution in [1.82, 2.24) is 0 Å². The zero-order valence-corrected chi connectivity index (χ0v) is 7.90. The molecule has 0 aliphatic heterocycles. The van der Waals surface area contributed by atoms with Crippen LogP contribution in [0.3, 0.4) is 0 Å². The fourth-order valence-electron chi connectivity index (χ4n) is 1.20. The lowest BCUT2D eigenvalue weighted by molar-refractivity contribution is 0.218. The minimum absolute atomic E-state index is 0.763. The van der Waals surface area contributed by atoms with Gasteiger partial charge in [-0.2, -0.15) is 11.8 Å². The van der Waals surface area contributed by atoms with Crippen molar-refractivity contribution in [2.24, 2.45) is 0 Å². The lowest BCUT2D eigenvalue weighted by Gasteiger charge is -2.14. The topological polar surface area (TPSA) is 9.23 Å². The van der Waals surface area contributed by atoms with Crippen molar-refractivity contribution in [2.75, 3.05) is 19.5 Å². The van der Waals surface area contributed by atoms with Crippen molar-refractivity contribution in [3.05, 3.63) is 12.2 Å². The molecule has 0 saturated carbocycles. The smallest absolute Gasteiger partial charge is 0.0553 e. The molecule has 0 amide bonds. The summed E-state index contributed by atoms with van der Waals surface area (Å²) in [6.45, 7) is 0.884. The molecule has 11 heavy (non-hydrogen) atoms. The minimum Gasteiger partial charge on any atom is -0.384 e. The van der Waals surface area contributed by atoms with Gasteiger partial charge in [0.1, 0.15) is 0 Å². The highest BCUT2D eigenvalue weighted by Crippen LogP contribution is 2.22. The molecule has 1 unspecified atom stereocenters. The molecular formula is C9H16OS. The Morgan fingerprint density at radius 1 is 1.64 bits per heavy atom. The fourth-order valence-corrected chi connectivity index (χ4v) is 2.32. The Morgan fingerprint density at radius 2 is 2.55 bits per heavy atom. The number of ether oxygens (including phenoxy) is 1. The van der Waals surface area contributed by atoms with Crippen molar-refractivity contribution >= 4 is 11.8 Å². The maximum atomic E-state index is 4.99. The van der Waals surface area contributed by atoms with Gasteiger partial charge in [-0.15, -0.1) is 0 Å². The van der Waals surface area contributed by atoms with E-state index in [4.69, 9.17) is 4.74 Å². The van der Waals surface area contributed by atoms with E-state index >= 15 is 0 Å². The monoisotopic (exact) mass is 172 g/mol. The van der Waals surface area contributed by atoms with Crippen molar-refractivity contribution in [2.45, 2.75) is 24.5 Å². The number of methoxy groups -OCH3 is 1. The molecule has 0 aromatic rings. The Morgan fingerprint density at radius 3 is 3.18 bits per heavy atom. The Bertz CT molecular complexity index is 123. The average molecular weight is 172 g/mol. The standard InChI is InChI=1S/C9H16OS/c1-10-7-8-11-9-5-3-2-4-6-9/h3,5,9H,2,4,6-8H2,1H3. The molecule has 2 heteroatoms. The molecule has 1 atom stereocenters. The molecule has 0 bridgehead atoms. The molecule has 0 fully saturated rings. The van der Waals surface area contributed by atoms with Gasteiger partial charge in [-0.3, -0.25) is 0 Å². The zero-order valence-electron chi connectivity index (χ0n) is 7.08. The van der Waals surface area contributed by atoms with E-state index in [2.05, 4.69) is 12.2 Å². The number of thioether (sulfide) groups is 1. The van der Waals surface area contributed by atoms with Gasteiger partial charge in [0, 0.05) is 18.1 Å². The first-order valence-electron chi connectivity index (χ1n) is 4.20. The number of allylic oxidation sites excluding steroid dienone is 1. The Labute approximate surface area is 73.2 Å². The van der Waals surface area contributed by atoms with E-state index in [1.807, 2.05) is 11.8 Å². The van der Waals surface area contributed by atoms with Crippen LogP contribution in [-0.4, -0.2) is 24.7 Å². The van der Waals surface area contributed by atoms with Crippen LogP contribution in [0, 0.1) is 0 Å². The van der Waals surface area contributed by atoms with Crippen LogP contribution in [0.15, 0.2) is 12.2 Å². The highest BCUT2D eigenvalue weighted by Gasteiger charge is 2.07. The normalized spacial score (nSPS) is 23.9. The van der Waals surface area contributed by atoms with E-state index in [1.54, 1.807) is 7.11 Å². The molecule has 1 aliphatic carbocycles. The first-order chi connectivity index (χ1) is 5.43. The van der Waals surface area contributed by atoms with E-state index in [0.29, 0.717) is 0 Å². The molecule has 0 heterocycles. The van der Waals surface area contributed by atoms with Crippen molar-refractivity contribution < 1.29 is 4.74 Å². The van der Waals surface area contributed by atoms with Crippen LogP contribution in [0.4, 0.5) is 0 Å². The molecule has 0 N–H and O–H groups in total. The van der Waals surface area contributed by atoms with E-state index < -0.39 is 0 Å². The summed E-state index contributed by atoms with van der Waals surface area (Å²) < 4.78 is 4.99. The van der Waals surface area contributed by atoms with Gasteiger partial charge in [0.05, 0.1) is 6.61 Å². The maximum Gasteiger partial charge on any atom is 0.0553 e. The summed E-state index contributed by atoms with van der Waals surface area (Å²) in [5.41, 5.74) is 0. The fraction of sp³-hybridized carbons (Fsp3) is 0.778. The molecule has 1 rings (SSSR count). The van der Waals surface area contributed by atoms with Gasteiger partial charge < -0.3 is 4.74 Å².